The molecule has 2 amide bonds. The molecule has 0 aliphatic carbocycles. The Hall–Kier alpha value is -3.15. The molecule has 3 rings (SSSR count). The molecule has 6 heteroatoms. The summed E-state index contributed by atoms with van der Waals surface area (Å²) >= 11 is 0. The van der Waals surface area contributed by atoms with Crippen LogP contribution in [-0.4, -0.2) is 42.4 Å². The Morgan fingerprint density at radius 1 is 0.967 bits per heavy atom. The minimum atomic E-state index is -0.368. The Bertz CT molecular complexity index is 932. The number of esters is 1. The van der Waals surface area contributed by atoms with Crippen LogP contribution in [0.25, 0.3) is 0 Å². The normalized spacial score (nSPS) is 14.3. The van der Waals surface area contributed by atoms with Gasteiger partial charge in [-0.3, -0.25) is 9.59 Å². The van der Waals surface area contributed by atoms with E-state index in [1.54, 1.807) is 4.90 Å². The van der Waals surface area contributed by atoms with Crippen molar-refractivity contribution in [2.24, 2.45) is 5.92 Å². The second kappa shape index (κ2) is 9.57. The first-order valence-electron chi connectivity index (χ1n) is 10.2. The predicted molar refractivity (Wildman–Crippen MR) is 116 cm³/mol. The average Bonchev–Trinajstić information content (AvgIpc) is 2.75. The summed E-state index contributed by atoms with van der Waals surface area (Å²) in [4.78, 5) is 39.0. The van der Waals surface area contributed by atoms with Gasteiger partial charge in [0.2, 0.25) is 5.78 Å². The number of benzene rings is 2. The summed E-state index contributed by atoms with van der Waals surface area (Å²) in [5, 5.41) is 2.85. The third-order valence-corrected chi connectivity index (χ3v) is 5.63. The zero-order chi connectivity index (χ0) is 21.7. The molecule has 6 nitrogen and oxygen atoms in total. The van der Waals surface area contributed by atoms with E-state index in [4.69, 9.17) is 4.74 Å². The molecular weight excluding hydrogens is 380 g/mol. The van der Waals surface area contributed by atoms with Crippen molar-refractivity contribution in [3.63, 3.8) is 0 Å². The van der Waals surface area contributed by atoms with Crippen molar-refractivity contribution in [1.82, 2.24) is 4.90 Å². The van der Waals surface area contributed by atoms with Gasteiger partial charge in [0, 0.05) is 24.3 Å². The number of aryl methyl sites for hydroxylation is 3. The number of para-hydroxylation sites is 1. The Labute approximate surface area is 177 Å². The smallest absolute Gasteiger partial charge is 0.321 e. The molecule has 0 unspecified atom stereocenters. The monoisotopic (exact) mass is 408 g/mol. The van der Waals surface area contributed by atoms with Crippen molar-refractivity contribution in [3.8, 4) is 0 Å². The van der Waals surface area contributed by atoms with Gasteiger partial charge in [-0.25, -0.2) is 4.79 Å². The van der Waals surface area contributed by atoms with E-state index in [0.717, 1.165) is 22.4 Å². The lowest BCUT2D eigenvalue weighted by Crippen LogP contribution is -2.42. The van der Waals surface area contributed by atoms with Crippen LogP contribution in [0.5, 0.6) is 0 Å². The van der Waals surface area contributed by atoms with E-state index in [2.05, 4.69) is 5.32 Å². The number of nitrogens with one attached hydrogen (secondary N) is 1. The molecular formula is C24H28N2O4. The fourth-order valence-corrected chi connectivity index (χ4v) is 3.64. The van der Waals surface area contributed by atoms with E-state index in [1.807, 2.05) is 63.2 Å². The SMILES string of the molecule is Cc1cc(C)c(C(=O)COC(=O)C2CCN(C(=O)Nc3ccccc3)CC2)cc1C. The molecule has 2 aromatic rings. The average molecular weight is 408 g/mol. The first-order chi connectivity index (χ1) is 14.3. The molecule has 0 saturated carbocycles. The maximum atomic E-state index is 12.5. The van der Waals surface area contributed by atoms with Crippen LogP contribution in [0.1, 0.15) is 39.9 Å². The highest BCUT2D eigenvalue weighted by atomic mass is 16.5. The zero-order valence-electron chi connectivity index (χ0n) is 17.7. The number of piperidine rings is 1. The fourth-order valence-electron chi connectivity index (χ4n) is 3.64. The summed E-state index contributed by atoms with van der Waals surface area (Å²) in [6.07, 6.45) is 1.05. The van der Waals surface area contributed by atoms with Crippen LogP contribution in [0.2, 0.25) is 0 Å². The van der Waals surface area contributed by atoms with E-state index in [1.165, 1.54) is 0 Å². The molecule has 1 aliphatic heterocycles. The van der Waals surface area contributed by atoms with E-state index in [0.29, 0.717) is 31.5 Å². The number of urea groups is 1. The number of amides is 2. The Morgan fingerprint density at radius 3 is 2.27 bits per heavy atom. The molecule has 158 valence electrons. The number of anilines is 1. The maximum absolute atomic E-state index is 12.5. The first-order valence-corrected chi connectivity index (χ1v) is 10.2. The molecule has 0 aromatic heterocycles. The van der Waals surface area contributed by atoms with Crippen molar-refractivity contribution in [2.75, 3.05) is 25.0 Å². The van der Waals surface area contributed by atoms with E-state index in [9.17, 15) is 14.4 Å². The summed E-state index contributed by atoms with van der Waals surface area (Å²) in [5.74, 6) is -0.851. The van der Waals surface area contributed by atoms with Crippen molar-refractivity contribution in [1.29, 1.82) is 0 Å². The summed E-state index contributed by atoms with van der Waals surface area (Å²) in [5.41, 5.74) is 4.39. The topological polar surface area (TPSA) is 75.7 Å². The van der Waals surface area contributed by atoms with E-state index < -0.39 is 0 Å². The van der Waals surface area contributed by atoms with Gasteiger partial charge in [0.25, 0.3) is 0 Å². The number of hydrogen-bond acceptors (Lipinski definition) is 4. The molecule has 1 fully saturated rings. The summed E-state index contributed by atoms with van der Waals surface area (Å²) < 4.78 is 5.31. The zero-order valence-corrected chi connectivity index (χ0v) is 17.7. The molecule has 2 aromatic carbocycles. The molecule has 0 spiro atoms. The number of hydrogen-bond donors (Lipinski definition) is 1. The van der Waals surface area contributed by atoms with Gasteiger partial charge in [0.15, 0.2) is 6.61 Å². The van der Waals surface area contributed by atoms with Gasteiger partial charge in [-0.15, -0.1) is 0 Å². The number of rotatable bonds is 5. The second-order valence-electron chi connectivity index (χ2n) is 7.84. The predicted octanol–water partition coefficient (Wildman–Crippen LogP) is 4.28. The third-order valence-electron chi connectivity index (χ3n) is 5.63. The van der Waals surface area contributed by atoms with Crippen LogP contribution in [-0.2, 0) is 9.53 Å². The molecule has 1 heterocycles. The van der Waals surface area contributed by atoms with Crippen LogP contribution >= 0.6 is 0 Å². The van der Waals surface area contributed by atoms with E-state index >= 15 is 0 Å². The number of Topliss-reactive ketones (excluding diaryl/α,β-unsaturated/α-hetero) is 1. The molecule has 0 radical (unpaired) electrons. The Morgan fingerprint density at radius 2 is 1.60 bits per heavy atom. The van der Waals surface area contributed by atoms with Crippen LogP contribution in [0.15, 0.2) is 42.5 Å². The second-order valence-corrected chi connectivity index (χ2v) is 7.84. The van der Waals surface area contributed by atoms with Gasteiger partial charge in [0.05, 0.1) is 5.92 Å². The summed E-state index contributed by atoms with van der Waals surface area (Å²) in [7, 11) is 0. The van der Waals surface area contributed by atoms with Gasteiger partial charge >= 0.3 is 12.0 Å². The molecule has 1 saturated heterocycles. The van der Waals surface area contributed by atoms with Crippen molar-refractivity contribution < 1.29 is 19.1 Å². The first kappa shape index (κ1) is 21.6. The maximum Gasteiger partial charge on any atom is 0.321 e. The van der Waals surface area contributed by atoms with Crippen LogP contribution in [0, 0.1) is 26.7 Å². The molecule has 0 bridgehead atoms. The summed E-state index contributed by atoms with van der Waals surface area (Å²) in [6, 6.07) is 12.9. The molecule has 0 atom stereocenters. The van der Waals surface area contributed by atoms with Crippen molar-refractivity contribution >= 4 is 23.5 Å². The van der Waals surface area contributed by atoms with Crippen LogP contribution in [0.3, 0.4) is 0 Å². The van der Waals surface area contributed by atoms with Gasteiger partial charge in [-0.05, 0) is 68.5 Å². The minimum Gasteiger partial charge on any atom is -0.457 e. The van der Waals surface area contributed by atoms with E-state index in [-0.39, 0.29) is 30.3 Å². The van der Waals surface area contributed by atoms with Gasteiger partial charge in [0.1, 0.15) is 0 Å². The largest absolute Gasteiger partial charge is 0.457 e. The highest BCUT2D eigenvalue weighted by Gasteiger charge is 2.29. The highest BCUT2D eigenvalue weighted by molar-refractivity contribution is 5.99. The van der Waals surface area contributed by atoms with Crippen LogP contribution in [0.4, 0.5) is 10.5 Å². The molecule has 1 aliphatic rings. The van der Waals surface area contributed by atoms with Gasteiger partial charge < -0.3 is 15.0 Å². The van der Waals surface area contributed by atoms with Crippen molar-refractivity contribution in [3.05, 3.63) is 64.7 Å². The highest BCUT2D eigenvalue weighted by Crippen LogP contribution is 2.21. The van der Waals surface area contributed by atoms with Crippen LogP contribution < -0.4 is 5.32 Å². The van der Waals surface area contributed by atoms with Gasteiger partial charge in [-0.1, -0.05) is 24.3 Å². The number of likely N-dealkylation sites (tertiary alicyclic amines) is 1. The molecule has 30 heavy (non-hydrogen) atoms. The lowest BCUT2D eigenvalue weighted by atomic mass is 9.97. The standard InChI is InChI=1S/C24H28N2O4/c1-16-13-18(3)21(14-17(16)2)22(27)15-30-23(28)19-9-11-26(12-10-19)24(29)25-20-7-5-4-6-8-20/h4-8,13-14,19H,9-12,15H2,1-3H3,(H,25,29). The molecule has 1 N–H and O–H groups in total. The third kappa shape index (κ3) is 5.26. The Kier molecular flexibility index (Phi) is 6.87. The lowest BCUT2D eigenvalue weighted by Gasteiger charge is -2.30. The number of ketones is 1. The lowest BCUT2D eigenvalue weighted by molar-refractivity contribution is -0.148. The number of carbonyl (C=O) groups is 3. The van der Waals surface area contributed by atoms with Gasteiger partial charge in [-0.2, -0.15) is 0 Å². The number of ether oxygens (including phenoxy) is 1. The number of carbonyl (C=O) groups excluding carboxylic acids is 3. The quantitative estimate of drug-likeness (QED) is 0.592. The Balaban J connectivity index is 1.47. The van der Waals surface area contributed by atoms with Crippen molar-refractivity contribution in [2.45, 2.75) is 33.6 Å². The number of nitrogens with zero attached hydrogens (tertiary/aromatic N) is 1. The fraction of sp³-hybridized carbons (Fsp3) is 0.375. The minimum absolute atomic E-state index is 0.173. The summed E-state index contributed by atoms with van der Waals surface area (Å²) in [6.45, 7) is 6.54.